The van der Waals surface area contributed by atoms with Gasteiger partial charge in [-0.15, -0.1) is 0 Å². The third-order valence-electron chi connectivity index (χ3n) is 4.43. The second-order valence-corrected chi connectivity index (χ2v) is 6.30. The first kappa shape index (κ1) is 15.5. The van der Waals surface area contributed by atoms with Crippen molar-refractivity contribution in [2.24, 2.45) is 0 Å². The Morgan fingerprint density at radius 2 is 2.20 bits per heavy atom. The van der Waals surface area contributed by atoms with Gasteiger partial charge in [0.1, 0.15) is 5.65 Å². The fourth-order valence-corrected chi connectivity index (χ4v) is 2.89. The second kappa shape index (κ2) is 6.49. The summed E-state index contributed by atoms with van der Waals surface area (Å²) in [5.41, 5.74) is 5.85. The van der Waals surface area contributed by atoms with Crippen LogP contribution in [0.15, 0.2) is 49.2 Å². The number of imidazole rings is 1. The summed E-state index contributed by atoms with van der Waals surface area (Å²) in [6.07, 6.45) is 10.8. The Morgan fingerprint density at radius 3 is 2.92 bits per heavy atom. The number of rotatable bonds is 5. The number of hydrogen-bond acceptors (Lipinski definition) is 5. The van der Waals surface area contributed by atoms with E-state index in [9.17, 15) is 0 Å². The van der Waals surface area contributed by atoms with E-state index < -0.39 is 0 Å². The summed E-state index contributed by atoms with van der Waals surface area (Å²) in [4.78, 5) is 8.79. The number of hydrogen-bond donors (Lipinski definition) is 3. The van der Waals surface area contributed by atoms with E-state index in [1.165, 1.54) is 6.21 Å². The fraction of sp³-hybridized carbons (Fsp3) is 0.211. The molecule has 4 heterocycles. The molecule has 1 saturated heterocycles. The standard InChI is InChI=1S/C19H20N6/c1-13-4-15(8-21-7-13)18-12-24-19-5-14(2-3-25(18)19)16(6-20)9-23-17-10-22-11-17/h2-9,12,17,20,22-23H,10-11H2,1H3/b16-9+,20-6?. The number of nitrogens with zero attached hydrogens (tertiary/aromatic N) is 3. The van der Waals surface area contributed by atoms with Crippen molar-refractivity contribution in [3.05, 3.63) is 60.3 Å². The van der Waals surface area contributed by atoms with Crippen LogP contribution < -0.4 is 10.6 Å². The van der Waals surface area contributed by atoms with Crippen molar-refractivity contribution in [2.45, 2.75) is 13.0 Å². The second-order valence-electron chi connectivity index (χ2n) is 6.30. The monoisotopic (exact) mass is 332 g/mol. The maximum Gasteiger partial charge on any atom is 0.137 e. The first-order chi connectivity index (χ1) is 12.2. The fourth-order valence-electron chi connectivity index (χ4n) is 2.89. The highest BCUT2D eigenvalue weighted by Crippen LogP contribution is 2.23. The molecule has 1 fully saturated rings. The molecule has 1 aliphatic rings. The van der Waals surface area contributed by atoms with E-state index >= 15 is 0 Å². The molecule has 3 aromatic rings. The molecule has 0 saturated carbocycles. The van der Waals surface area contributed by atoms with Gasteiger partial charge in [-0.25, -0.2) is 4.98 Å². The highest BCUT2D eigenvalue weighted by Gasteiger charge is 2.14. The lowest BCUT2D eigenvalue weighted by molar-refractivity contribution is 0.402. The predicted molar refractivity (Wildman–Crippen MR) is 99.7 cm³/mol. The molecule has 3 aromatic heterocycles. The zero-order chi connectivity index (χ0) is 17.2. The summed E-state index contributed by atoms with van der Waals surface area (Å²) in [5, 5.41) is 14.3. The average molecular weight is 332 g/mol. The minimum Gasteiger partial charge on any atom is -0.385 e. The van der Waals surface area contributed by atoms with Crippen molar-refractivity contribution < 1.29 is 0 Å². The molecule has 3 N–H and O–H groups in total. The maximum atomic E-state index is 7.70. The van der Waals surface area contributed by atoms with Crippen molar-refractivity contribution in [3.63, 3.8) is 0 Å². The molecule has 25 heavy (non-hydrogen) atoms. The molecular weight excluding hydrogens is 312 g/mol. The van der Waals surface area contributed by atoms with E-state index in [2.05, 4.69) is 26.7 Å². The van der Waals surface area contributed by atoms with Crippen LogP contribution in [0.1, 0.15) is 11.1 Å². The van der Waals surface area contributed by atoms with Gasteiger partial charge >= 0.3 is 0 Å². The number of nitrogens with one attached hydrogen (secondary N) is 3. The smallest absolute Gasteiger partial charge is 0.137 e. The molecule has 0 atom stereocenters. The van der Waals surface area contributed by atoms with Crippen LogP contribution >= 0.6 is 0 Å². The van der Waals surface area contributed by atoms with Crippen molar-refractivity contribution in [1.82, 2.24) is 25.0 Å². The molecule has 6 nitrogen and oxygen atoms in total. The molecule has 0 bridgehead atoms. The van der Waals surface area contributed by atoms with Gasteiger partial charge in [-0.3, -0.25) is 9.38 Å². The molecule has 0 radical (unpaired) electrons. The van der Waals surface area contributed by atoms with Gasteiger partial charge < -0.3 is 16.0 Å². The zero-order valence-corrected chi connectivity index (χ0v) is 14.0. The van der Waals surface area contributed by atoms with Crippen molar-refractivity contribution in [3.8, 4) is 11.3 Å². The Bertz CT molecular complexity index is 951. The summed E-state index contributed by atoms with van der Waals surface area (Å²) in [7, 11) is 0. The summed E-state index contributed by atoms with van der Waals surface area (Å²) < 4.78 is 2.05. The van der Waals surface area contributed by atoms with Crippen LogP contribution in [0.2, 0.25) is 0 Å². The van der Waals surface area contributed by atoms with Crippen LogP contribution in [0, 0.1) is 12.3 Å². The van der Waals surface area contributed by atoms with Gasteiger partial charge in [0.25, 0.3) is 0 Å². The first-order valence-electron chi connectivity index (χ1n) is 8.31. The van der Waals surface area contributed by atoms with Crippen molar-refractivity contribution in [1.29, 1.82) is 5.41 Å². The molecule has 0 aromatic carbocycles. The molecule has 0 amide bonds. The molecule has 126 valence electrons. The van der Waals surface area contributed by atoms with E-state index in [-0.39, 0.29) is 0 Å². The summed E-state index contributed by atoms with van der Waals surface area (Å²) in [6.45, 7) is 3.97. The lowest BCUT2D eigenvalue weighted by atomic mass is 10.1. The molecule has 0 aliphatic carbocycles. The Hall–Kier alpha value is -2.99. The van der Waals surface area contributed by atoms with E-state index in [0.29, 0.717) is 6.04 Å². The van der Waals surface area contributed by atoms with Gasteiger partial charge in [0.15, 0.2) is 0 Å². The number of allylic oxidation sites excluding steroid dienone is 1. The SMILES string of the molecule is Cc1cncc(-c2cnc3cc(/C(C=N)=C/NC4CNC4)ccn23)c1. The summed E-state index contributed by atoms with van der Waals surface area (Å²) >= 11 is 0. The largest absolute Gasteiger partial charge is 0.385 e. The Labute approximate surface area is 146 Å². The molecule has 0 unspecified atom stereocenters. The molecule has 0 spiro atoms. The maximum absolute atomic E-state index is 7.70. The highest BCUT2D eigenvalue weighted by atomic mass is 15.1. The third kappa shape index (κ3) is 3.04. The van der Waals surface area contributed by atoms with Crippen LogP contribution in [0.3, 0.4) is 0 Å². The Kier molecular flexibility index (Phi) is 4.03. The minimum absolute atomic E-state index is 0.450. The van der Waals surface area contributed by atoms with Gasteiger partial charge in [-0.05, 0) is 36.2 Å². The van der Waals surface area contributed by atoms with Gasteiger partial charge in [0, 0.05) is 55.2 Å². The van der Waals surface area contributed by atoms with Crippen LogP contribution in [0.25, 0.3) is 22.5 Å². The molecule has 1 aliphatic heterocycles. The molecular formula is C19H20N6. The third-order valence-corrected chi connectivity index (χ3v) is 4.43. The lowest BCUT2D eigenvalue weighted by Crippen LogP contribution is -2.53. The van der Waals surface area contributed by atoms with Gasteiger partial charge in [-0.2, -0.15) is 0 Å². The quantitative estimate of drug-likeness (QED) is 0.626. The predicted octanol–water partition coefficient (Wildman–Crippen LogP) is 2.26. The Morgan fingerprint density at radius 1 is 1.32 bits per heavy atom. The number of fused-ring (bicyclic) bond motifs is 1. The van der Waals surface area contributed by atoms with Gasteiger partial charge in [0.2, 0.25) is 0 Å². The van der Waals surface area contributed by atoms with Crippen molar-refractivity contribution in [2.75, 3.05) is 13.1 Å². The van der Waals surface area contributed by atoms with Crippen LogP contribution in [0.5, 0.6) is 0 Å². The zero-order valence-electron chi connectivity index (χ0n) is 14.0. The average Bonchev–Trinajstić information content (AvgIpc) is 3.00. The van der Waals surface area contributed by atoms with Crippen LogP contribution in [-0.4, -0.2) is 39.7 Å². The van der Waals surface area contributed by atoms with E-state index in [4.69, 9.17) is 5.41 Å². The van der Waals surface area contributed by atoms with E-state index in [1.807, 2.05) is 54.4 Å². The van der Waals surface area contributed by atoms with Gasteiger partial charge in [0.05, 0.1) is 17.9 Å². The Balaban J connectivity index is 1.68. The van der Waals surface area contributed by atoms with Crippen LogP contribution in [-0.2, 0) is 0 Å². The minimum atomic E-state index is 0.450. The number of aryl methyl sites for hydroxylation is 1. The number of aromatic nitrogens is 3. The topological polar surface area (TPSA) is 78.1 Å². The van der Waals surface area contributed by atoms with Crippen LogP contribution in [0.4, 0.5) is 0 Å². The normalized spacial score (nSPS) is 15.2. The van der Waals surface area contributed by atoms with Crippen molar-refractivity contribution >= 4 is 17.4 Å². The number of pyridine rings is 2. The van der Waals surface area contributed by atoms with Gasteiger partial charge in [-0.1, -0.05) is 0 Å². The molecule has 4 rings (SSSR count). The first-order valence-corrected chi connectivity index (χ1v) is 8.31. The summed E-state index contributed by atoms with van der Waals surface area (Å²) in [5.74, 6) is 0. The van der Waals surface area contributed by atoms with E-state index in [1.54, 1.807) is 0 Å². The summed E-state index contributed by atoms with van der Waals surface area (Å²) in [6, 6.07) is 6.57. The van der Waals surface area contributed by atoms with E-state index in [0.717, 1.165) is 46.7 Å². The highest BCUT2D eigenvalue weighted by molar-refractivity contribution is 6.08. The lowest BCUT2D eigenvalue weighted by Gasteiger charge is -2.27. The molecule has 6 heteroatoms.